The minimum absolute atomic E-state index is 0.162. The van der Waals surface area contributed by atoms with Crippen molar-refractivity contribution in [2.75, 3.05) is 10.7 Å². The number of aromatic nitrogens is 3. The molecule has 6 nitrogen and oxygen atoms in total. The number of nitrogens with two attached hydrogens (primary N) is 1. The summed E-state index contributed by atoms with van der Waals surface area (Å²) in [6.07, 6.45) is 0.865. The number of anilines is 2. The van der Waals surface area contributed by atoms with E-state index in [1.54, 1.807) is 11.9 Å². The summed E-state index contributed by atoms with van der Waals surface area (Å²) in [5.41, 5.74) is 6.57. The third-order valence-corrected chi connectivity index (χ3v) is 2.93. The normalized spacial score (nSPS) is 19.8. The Morgan fingerprint density at radius 1 is 1.33 bits per heavy atom. The van der Waals surface area contributed by atoms with Crippen molar-refractivity contribution >= 4 is 29.2 Å². The van der Waals surface area contributed by atoms with E-state index in [0.717, 1.165) is 12.1 Å². The van der Waals surface area contributed by atoms with Crippen LogP contribution in [0.4, 0.5) is 11.9 Å². The molecule has 1 aliphatic rings. The van der Waals surface area contributed by atoms with Gasteiger partial charge in [0, 0.05) is 12.1 Å². The van der Waals surface area contributed by atoms with Gasteiger partial charge in [-0.1, -0.05) is 0 Å². The van der Waals surface area contributed by atoms with Crippen LogP contribution >= 0.6 is 11.6 Å². The number of hydrazone groups is 1. The zero-order valence-electron chi connectivity index (χ0n) is 11.0. The van der Waals surface area contributed by atoms with Crippen molar-refractivity contribution in [3.63, 3.8) is 0 Å². The van der Waals surface area contributed by atoms with E-state index in [-0.39, 0.29) is 16.9 Å². The molecule has 0 radical (unpaired) electrons. The second-order valence-electron chi connectivity index (χ2n) is 5.10. The lowest BCUT2D eigenvalue weighted by Crippen LogP contribution is -2.37. The molecule has 98 valence electrons. The lowest BCUT2D eigenvalue weighted by molar-refractivity contribution is 0.504. The van der Waals surface area contributed by atoms with Gasteiger partial charge in [0.15, 0.2) is 5.82 Å². The van der Waals surface area contributed by atoms with Crippen molar-refractivity contribution in [3.8, 4) is 0 Å². The van der Waals surface area contributed by atoms with E-state index < -0.39 is 0 Å². The third kappa shape index (κ3) is 2.38. The Morgan fingerprint density at radius 2 is 2.00 bits per heavy atom. The highest BCUT2D eigenvalue weighted by Gasteiger charge is 2.35. The summed E-state index contributed by atoms with van der Waals surface area (Å²) < 4.78 is 0. The minimum atomic E-state index is -0.315. The van der Waals surface area contributed by atoms with Gasteiger partial charge in [-0.05, 0) is 27.7 Å². The van der Waals surface area contributed by atoms with Gasteiger partial charge < -0.3 is 5.73 Å². The number of rotatable bonds is 2. The summed E-state index contributed by atoms with van der Waals surface area (Å²) in [5.74, 6) is 1.08. The second kappa shape index (κ2) is 4.35. The van der Waals surface area contributed by atoms with Crippen LogP contribution in [0.25, 0.3) is 0 Å². The van der Waals surface area contributed by atoms with Crippen LogP contribution < -0.4 is 10.7 Å². The summed E-state index contributed by atoms with van der Waals surface area (Å²) in [7, 11) is 0. The standard InChI is InChI=1S/C11H17ClN6/c1-6-5-11(3,4)18(17-6)10-15-8(7(2)12)14-9(13)16-10/h7H,5H2,1-4H3,(H2,13,14,15,16)/t7-/m1/s1. The van der Waals surface area contributed by atoms with Crippen LogP contribution in [0.15, 0.2) is 5.10 Å². The molecule has 1 atom stereocenters. The molecule has 0 amide bonds. The summed E-state index contributed by atoms with van der Waals surface area (Å²) in [4.78, 5) is 12.5. The predicted molar refractivity (Wildman–Crippen MR) is 72.8 cm³/mol. The molecule has 1 aromatic heterocycles. The molecule has 0 saturated carbocycles. The highest BCUT2D eigenvalue weighted by molar-refractivity contribution is 6.20. The van der Waals surface area contributed by atoms with E-state index in [4.69, 9.17) is 17.3 Å². The van der Waals surface area contributed by atoms with E-state index in [1.807, 2.05) is 6.92 Å². The van der Waals surface area contributed by atoms with Crippen molar-refractivity contribution in [1.82, 2.24) is 15.0 Å². The molecular formula is C11H17ClN6. The van der Waals surface area contributed by atoms with Crippen molar-refractivity contribution in [2.45, 2.75) is 45.0 Å². The zero-order valence-corrected chi connectivity index (χ0v) is 11.7. The van der Waals surface area contributed by atoms with Crippen LogP contribution in [0.3, 0.4) is 0 Å². The predicted octanol–water partition coefficient (Wildman–Crippen LogP) is 2.12. The molecule has 1 aliphatic heterocycles. The van der Waals surface area contributed by atoms with Gasteiger partial charge >= 0.3 is 0 Å². The SMILES string of the molecule is CC1=NN(c2nc(N)nc([C@@H](C)Cl)n2)C(C)(C)C1. The lowest BCUT2D eigenvalue weighted by Gasteiger charge is -2.28. The van der Waals surface area contributed by atoms with Crippen molar-refractivity contribution in [1.29, 1.82) is 0 Å². The molecule has 1 aromatic rings. The number of alkyl halides is 1. The van der Waals surface area contributed by atoms with Gasteiger partial charge in [-0.3, -0.25) is 0 Å². The maximum absolute atomic E-state index is 5.99. The summed E-state index contributed by atoms with van der Waals surface area (Å²) in [6.45, 7) is 7.94. The highest BCUT2D eigenvalue weighted by Crippen LogP contribution is 2.31. The number of halogens is 1. The van der Waals surface area contributed by atoms with Gasteiger partial charge in [0.25, 0.3) is 5.95 Å². The van der Waals surface area contributed by atoms with Crippen LogP contribution in [-0.2, 0) is 0 Å². The van der Waals surface area contributed by atoms with Crippen LogP contribution in [0.5, 0.6) is 0 Å². The monoisotopic (exact) mass is 268 g/mol. The fourth-order valence-electron chi connectivity index (χ4n) is 2.03. The van der Waals surface area contributed by atoms with Gasteiger partial charge in [0.2, 0.25) is 5.95 Å². The average Bonchev–Trinajstić information content (AvgIpc) is 2.50. The Labute approximate surface area is 111 Å². The minimum Gasteiger partial charge on any atom is -0.368 e. The average molecular weight is 269 g/mol. The number of nitrogen functional groups attached to an aromatic ring is 1. The van der Waals surface area contributed by atoms with E-state index >= 15 is 0 Å². The second-order valence-corrected chi connectivity index (χ2v) is 5.76. The maximum atomic E-state index is 5.99. The van der Waals surface area contributed by atoms with Crippen molar-refractivity contribution < 1.29 is 0 Å². The molecule has 0 bridgehead atoms. The first kappa shape index (κ1) is 13.0. The molecule has 0 spiro atoms. The van der Waals surface area contributed by atoms with Crippen LogP contribution in [0.2, 0.25) is 0 Å². The smallest absolute Gasteiger partial charge is 0.251 e. The fraction of sp³-hybridized carbons (Fsp3) is 0.636. The van der Waals surface area contributed by atoms with Gasteiger partial charge in [0.1, 0.15) is 0 Å². The van der Waals surface area contributed by atoms with E-state index in [0.29, 0.717) is 11.8 Å². The van der Waals surface area contributed by atoms with Crippen LogP contribution in [0.1, 0.15) is 45.3 Å². The maximum Gasteiger partial charge on any atom is 0.251 e. The molecule has 18 heavy (non-hydrogen) atoms. The van der Waals surface area contributed by atoms with Crippen molar-refractivity contribution in [3.05, 3.63) is 5.82 Å². The topological polar surface area (TPSA) is 80.3 Å². The van der Waals surface area contributed by atoms with E-state index in [9.17, 15) is 0 Å². The quantitative estimate of drug-likeness (QED) is 0.831. The molecule has 0 fully saturated rings. The fourth-order valence-corrected chi connectivity index (χ4v) is 2.13. The largest absolute Gasteiger partial charge is 0.368 e. The Hall–Kier alpha value is -1.43. The summed E-state index contributed by atoms with van der Waals surface area (Å²) >= 11 is 5.99. The Morgan fingerprint density at radius 3 is 2.50 bits per heavy atom. The molecule has 7 heteroatoms. The summed E-state index contributed by atoms with van der Waals surface area (Å²) in [6, 6.07) is 0. The summed E-state index contributed by atoms with van der Waals surface area (Å²) in [5, 5.41) is 5.92. The number of hydrogen-bond donors (Lipinski definition) is 1. The first-order chi connectivity index (χ1) is 8.29. The molecule has 0 saturated heterocycles. The molecule has 2 rings (SSSR count). The first-order valence-electron chi connectivity index (χ1n) is 5.79. The van der Waals surface area contributed by atoms with Crippen LogP contribution in [-0.4, -0.2) is 26.2 Å². The number of hydrogen-bond acceptors (Lipinski definition) is 6. The Balaban J connectivity index is 2.45. The first-order valence-corrected chi connectivity index (χ1v) is 6.23. The molecule has 2 N–H and O–H groups in total. The number of nitrogens with zero attached hydrogens (tertiary/aromatic N) is 5. The van der Waals surface area contributed by atoms with Gasteiger partial charge in [-0.2, -0.15) is 20.1 Å². The molecule has 0 aromatic carbocycles. The zero-order chi connectivity index (χ0) is 13.5. The van der Waals surface area contributed by atoms with E-state index in [1.165, 1.54) is 0 Å². The Bertz CT molecular complexity index is 496. The highest BCUT2D eigenvalue weighted by atomic mass is 35.5. The molecule has 2 heterocycles. The van der Waals surface area contributed by atoms with Gasteiger partial charge in [-0.25, -0.2) is 5.01 Å². The van der Waals surface area contributed by atoms with Crippen molar-refractivity contribution in [2.24, 2.45) is 5.10 Å². The third-order valence-electron chi connectivity index (χ3n) is 2.74. The van der Waals surface area contributed by atoms with Gasteiger partial charge in [0.05, 0.1) is 10.9 Å². The molecule has 0 aliphatic carbocycles. The lowest BCUT2D eigenvalue weighted by atomic mass is 9.99. The molecule has 0 unspecified atom stereocenters. The molecular weight excluding hydrogens is 252 g/mol. The van der Waals surface area contributed by atoms with Crippen LogP contribution in [0, 0.1) is 0 Å². The van der Waals surface area contributed by atoms with E-state index in [2.05, 4.69) is 33.9 Å². The van der Waals surface area contributed by atoms with Gasteiger partial charge in [-0.15, -0.1) is 11.6 Å². The Kier molecular flexibility index (Phi) is 3.14.